The number of aromatic nitrogens is 2. The second kappa shape index (κ2) is 8.17. The van der Waals surface area contributed by atoms with Gasteiger partial charge in [0.1, 0.15) is 6.10 Å². The van der Waals surface area contributed by atoms with Crippen molar-refractivity contribution < 1.29 is 4.74 Å². The molecule has 104 valence electrons. The average molecular weight is 279 g/mol. The zero-order chi connectivity index (χ0) is 13.3. The molecular weight excluding hydrogens is 258 g/mol. The third kappa shape index (κ3) is 5.20. The summed E-state index contributed by atoms with van der Waals surface area (Å²) in [6, 6.07) is 0. The van der Waals surface area contributed by atoms with Crippen molar-refractivity contribution in [3.63, 3.8) is 0 Å². The third-order valence-electron chi connectivity index (χ3n) is 3.09. The Bertz CT molecular complexity index is 368. The zero-order valence-electron chi connectivity index (χ0n) is 11.2. The molecule has 0 saturated carbocycles. The fourth-order valence-electron chi connectivity index (χ4n) is 2.08. The van der Waals surface area contributed by atoms with E-state index in [1.54, 1.807) is 18.6 Å². The summed E-state index contributed by atoms with van der Waals surface area (Å²) < 4.78 is 5.95. The summed E-state index contributed by atoms with van der Waals surface area (Å²) in [5.41, 5.74) is 0. The van der Waals surface area contributed by atoms with Gasteiger partial charge >= 0.3 is 0 Å². The minimum atomic E-state index is 0.165. The molecule has 0 bridgehead atoms. The first-order valence-electron chi connectivity index (χ1n) is 6.72. The summed E-state index contributed by atoms with van der Waals surface area (Å²) in [6.45, 7) is 7.05. The Morgan fingerprint density at radius 3 is 2.95 bits per heavy atom. The lowest BCUT2D eigenvalue weighted by molar-refractivity contribution is 0.126. The molecule has 1 aromatic heterocycles. The molecule has 4 nitrogen and oxygen atoms in total. The molecule has 0 aliphatic carbocycles. The number of nitrogens with zero attached hydrogens (tertiary/aromatic N) is 3. The topological polar surface area (TPSA) is 38.2 Å². The first-order valence-corrected chi connectivity index (χ1v) is 7.87. The Morgan fingerprint density at radius 2 is 2.26 bits per heavy atom. The van der Waals surface area contributed by atoms with Gasteiger partial charge < -0.3 is 4.74 Å². The highest BCUT2D eigenvalue weighted by Gasteiger charge is 2.18. The van der Waals surface area contributed by atoms with E-state index < -0.39 is 0 Å². The maximum absolute atomic E-state index is 5.95. The lowest BCUT2D eigenvalue weighted by Crippen LogP contribution is -2.40. The van der Waals surface area contributed by atoms with E-state index in [1.807, 2.05) is 17.8 Å². The highest BCUT2D eigenvalue weighted by atomic mass is 32.2. The summed E-state index contributed by atoms with van der Waals surface area (Å²) in [6.07, 6.45) is 9.05. The van der Waals surface area contributed by atoms with Crippen LogP contribution >= 0.6 is 11.8 Å². The van der Waals surface area contributed by atoms with Gasteiger partial charge in [-0.15, -0.1) is 6.58 Å². The molecule has 1 unspecified atom stereocenters. The molecule has 1 fully saturated rings. The van der Waals surface area contributed by atoms with Crippen LogP contribution in [0.2, 0.25) is 0 Å². The van der Waals surface area contributed by atoms with Gasteiger partial charge in [-0.1, -0.05) is 6.08 Å². The highest BCUT2D eigenvalue weighted by Crippen LogP contribution is 2.14. The summed E-state index contributed by atoms with van der Waals surface area (Å²) >= 11 is 2.03. The number of hydrogen-bond acceptors (Lipinski definition) is 5. The van der Waals surface area contributed by atoms with Gasteiger partial charge in [0.15, 0.2) is 0 Å². The summed E-state index contributed by atoms with van der Waals surface area (Å²) in [4.78, 5) is 10.7. The predicted octanol–water partition coefficient (Wildman–Crippen LogP) is 2.24. The summed E-state index contributed by atoms with van der Waals surface area (Å²) in [5, 5.41) is 0. The molecule has 5 heteroatoms. The van der Waals surface area contributed by atoms with Crippen LogP contribution in [0.4, 0.5) is 0 Å². The van der Waals surface area contributed by atoms with E-state index in [-0.39, 0.29) is 6.10 Å². The molecule has 1 aliphatic rings. The van der Waals surface area contributed by atoms with Crippen LogP contribution in [-0.2, 0) is 0 Å². The van der Waals surface area contributed by atoms with Gasteiger partial charge in [0.2, 0.25) is 5.88 Å². The van der Waals surface area contributed by atoms with E-state index in [4.69, 9.17) is 4.74 Å². The smallest absolute Gasteiger partial charge is 0.232 e. The summed E-state index contributed by atoms with van der Waals surface area (Å²) in [7, 11) is 0. The highest BCUT2D eigenvalue weighted by molar-refractivity contribution is 7.99. The number of hydrogen-bond donors (Lipinski definition) is 0. The standard InChI is InChI=1S/C14H21N3OS/c1-2-3-4-13(12-17-7-9-19-10-8-17)18-14-11-15-5-6-16-14/h2,5-6,11,13H,1,3-4,7-10,12H2. The van der Waals surface area contributed by atoms with Gasteiger partial charge in [-0.25, -0.2) is 4.98 Å². The Hall–Kier alpha value is -1.07. The van der Waals surface area contributed by atoms with Gasteiger partial charge in [-0.2, -0.15) is 11.8 Å². The zero-order valence-corrected chi connectivity index (χ0v) is 12.0. The fraction of sp³-hybridized carbons (Fsp3) is 0.571. The molecular formula is C14H21N3OS. The monoisotopic (exact) mass is 279 g/mol. The maximum Gasteiger partial charge on any atom is 0.232 e. The van der Waals surface area contributed by atoms with Crippen LogP contribution < -0.4 is 4.74 Å². The van der Waals surface area contributed by atoms with E-state index >= 15 is 0 Å². The Labute approximate surface area is 119 Å². The minimum absolute atomic E-state index is 0.165. The molecule has 0 spiro atoms. The van der Waals surface area contributed by atoms with Gasteiger partial charge in [-0.3, -0.25) is 9.88 Å². The second-order valence-electron chi connectivity index (χ2n) is 4.56. The van der Waals surface area contributed by atoms with Crippen molar-refractivity contribution in [3.05, 3.63) is 31.2 Å². The second-order valence-corrected chi connectivity index (χ2v) is 5.79. The molecule has 1 aromatic rings. The van der Waals surface area contributed by atoms with Crippen LogP contribution in [0.5, 0.6) is 5.88 Å². The Kier molecular flexibility index (Phi) is 6.17. The molecule has 1 atom stereocenters. The lowest BCUT2D eigenvalue weighted by atomic mass is 10.2. The quantitative estimate of drug-likeness (QED) is 0.716. The third-order valence-corrected chi connectivity index (χ3v) is 4.03. The minimum Gasteiger partial charge on any atom is -0.472 e. The molecule has 0 N–H and O–H groups in total. The van der Waals surface area contributed by atoms with Crippen molar-refractivity contribution in [1.82, 2.24) is 14.9 Å². The van der Waals surface area contributed by atoms with Crippen LogP contribution in [-0.4, -0.2) is 52.1 Å². The predicted molar refractivity (Wildman–Crippen MR) is 79.6 cm³/mol. The van der Waals surface area contributed by atoms with Crippen molar-refractivity contribution in [3.8, 4) is 5.88 Å². The molecule has 1 aliphatic heterocycles. The van der Waals surface area contributed by atoms with Crippen molar-refractivity contribution in [2.75, 3.05) is 31.1 Å². The van der Waals surface area contributed by atoms with Crippen LogP contribution in [0, 0.1) is 0 Å². The van der Waals surface area contributed by atoms with Crippen molar-refractivity contribution in [2.24, 2.45) is 0 Å². The van der Waals surface area contributed by atoms with Gasteiger partial charge in [0.25, 0.3) is 0 Å². The first kappa shape index (κ1) is 14.3. The van der Waals surface area contributed by atoms with E-state index in [0.717, 1.165) is 32.5 Å². The largest absolute Gasteiger partial charge is 0.472 e. The molecule has 2 rings (SSSR count). The maximum atomic E-state index is 5.95. The average Bonchev–Trinajstić information content (AvgIpc) is 2.47. The van der Waals surface area contributed by atoms with Crippen LogP contribution in [0.3, 0.4) is 0 Å². The van der Waals surface area contributed by atoms with E-state index in [1.165, 1.54) is 11.5 Å². The molecule has 19 heavy (non-hydrogen) atoms. The van der Waals surface area contributed by atoms with Crippen LogP contribution in [0.25, 0.3) is 0 Å². The molecule has 2 heterocycles. The van der Waals surface area contributed by atoms with E-state index in [9.17, 15) is 0 Å². The lowest BCUT2D eigenvalue weighted by Gasteiger charge is -2.30. The van der Waals surface area contributed by atoms with Gasteiger partial charge in [-0.05, 0) is 12.8 Å². The van der Waals surface area contributed by atoms with Crippen molar-refractivity contribution in [1.29, 1.82) is 0 Å². The Morgan fingerprint density at radius 1 is 1.42 bits per heavy atom. The summed E-state index contributed by atoms with van der Waals surface area (Å²) in [5.74, 6) is 3.06. The number of thioether (sulfide) groups is 1. The molecule has 0 aromatic carbocycles. The van der Waals surface area contributed by atoms with Crippen LogP contribution in [0.15, 0.2) is 31.2 Å². The van der Waals surface area contributed by atoms with Crippen molar-refractivity contribution >= 4 is 11.8 Å². The number of allylic oxidation sites excluding steroid dienone is 1. The number of rotatable bonds is 7. The number of ether oxygens (including phenoxy) is 1. The molecule has 0 amide bonds. The first-order chi connectivity index (χ1) is 9.38. The van der Waals surface area contributed by atoms with Gasteiger partial charge in [0.05, 0.1) is 6.20 Å². The Balaban J connectivity index is 1.88. The van der Waals surface area contributed by atoms with E-state index in [0.29, 0.717) is 5.88 Å². The normalized spacial score (nSPS) is 17.9. The molecule has 0 radical (unpaired) electrons. The fourth-order valence-corrected chi connectivity index (χ4v) is 3.06. The molecule has 1 saturated heterocycles. The van der Waals surface area contributed by atoms with Gasteiger partial charge in [0, 0.05) is 43.5 Å². The van der Waals surface area contributed by atoms with Crippen LogP contribution in [0.1, 0.15) is 12.8 Å². The van der Waals surface area contributed by atoms with Crippen molar-refractivity contribution in [2.45, 2.75) is 18.9 Å². The van der Waals surface area contributed by atoms with E-state index in [2.05, 4.69) is 21.4 Å². The SMILES string of the molecule is C=CCCC(CN1CCSCC1)Oc1cnccn1.